The molecule has 21 heavy (non-hydrogen) atoms. The van der Waals surface area contributed by atoms with Gasteiger partial charge in [-0.15, -0.1) is 0 Å². The second kappa shape index (κ2) is 8.02. The maximum atomic E-state index is 10.2. The van der Waals surface area contributed by atoms with Crippen LogP contribution in [0.3, 0.4) is 0 Å². The molecule has 1 aliphatic carbocycles. The van der Waals surface area contributed by atoms with Crippen molar-refractivity contribution in [3.63, 3.8) is 0 Å². The Morgan fingerprint density at radius 1 is 1.24 bits per heavy atom. The van der Waals surface area contributed by atoms with Crippen LogP contribution in [-0.2, 0) is 0 Å². The number of aliphatic hydroxyl groups is 1. The summed E-state index contributed by atoms with van der Waals surface area (Å²) in [5, 5.41) is 16.8. The van der Waals surface area contributed by atoms with E-state index in [1.165, 1.54) is 12.7 Å². The third-order valence-corrected chi connectivity index (χ3v) is 3.85. The Bertz CT molecular complexity index is 442. The fourth-order valence-corrected chi connectivity index (χ4v) is 2.67. The van der Waals surface area contributed by atoms with Crippen LogP contribution >= 0.6 is 0 Å². The highest BCUT2D eigenvalue weighted by Crippen LogP contribution is 2.31. The van der Waals surface area contributed by atoms with Gasteiger partial charge in [0.25, 0.3) is 0 Å². The van der Waals surface area contributed by atoms with Crippen molar-refractivity contribution in [2.45, 2.75) is 57.6 Å². The third-order valence-electron chi connectivity index (χ3n) is 3.85. The van der Waals surface area contributed by atoms with Crippen molar-refractivity contribution in [2.75, 3.05) is 24.3 Å². The van der Waals surface area contributed by atoms with Crippen molar-refractivity contribution in [2.24, 2.45) is 0 Å². The molecule has 1 heterocycles. The summed E-state index contributed by atoms with van der Waals surface area (Å²) in [5.41, 5.74) is 0. The van der Waals surface area contributed by atoms with E-state index in [9.17, 15) is 5.11 Å². The van der Waals surface area contributed by atoms with Crippen molar-refractivity contribution in [1.29, 1.82) is 0 Å². The van der Waals surface area contributed by atoms with Gasteiger partial charge in [0.2, 0.25) is 5.75 Å². The fraction of sp³-hybridized carbons (Fsp3) is 0.733. The van der Waals surface area contributed by atoms with Crippen molar-refractivity contribution in [1.82, 2.24) is 9.97 Å². The zero-order valence-electron chi connectivity index (χ0n) is 12.9. The first-order valence-corrected chi connectivity index (χ1v) is 7.83. The van der Waals surface area contributed by atoms with E-state index in [0.29, 0.717) is 17.4 Å². The first-order valence-electron chi connectivity index (χ1n) is 7.83. The summed E-state index contributed by atoms with van der Waals surface area (Å²) in [5.74, 6) is 1.96. The average molecular weight is 294 g/mol. The Balaban J connectivity index is 2.14. The SMILES string of the molecule is CCCNc1ncnc(NC2CCCCCC2O)c1OC. The number of nitrogens with one attached hydrogen (secondary N) is 2. The molecule has 118 valence electrons. The molecule has 0 saturated heterocycles. The Morgan fingerprint density at radius 3 is 2.76 bits per heavy atom. The predicted octanol–water partition coefficient (Wildman–Crippen LogP) is 2.41. The van der Waals surface area contributed by atoms with Crippen LogP contribution in [-0.4, -0.2) is 40.9 Å². The highest BCUT2D eigenvalue weighted by molar-refractivity contribution is 5.63. The molecule has 0 aliphatic heterocycles. The largest absolute Gasteiger partial charge is 0.490 e. The second-order valence-electron chi connectivity index (χ2n) is 5.49. The molecule has 0 bridgehead atoms. The van der Waals surface area contributed by atoms with E-state index in [4.69, 9.17) is 4.74 Å². The number of methoxy groups -OCH3 is 1. The van der Waals surface area contributed by atoms with Gasteiger partial charge in [0, 0.05) is 6.54 Å². The van der Waals surface area contributed by atoms with Gasteiger partial charge in [0.05, 0.1) is 19.3 Å². The summed E-state index contributed by atoms with van der Waals surface area (Å²) in [6.07, 6.45) is 7.38. The Kier molecular flexibility index (Phi) is 6.04. The summed E-state index contributed by atoms with van der Waals surface area (Å²) in [6.45, 7) is 2.93. The number of ether oxygens (including phenoxy) is 1. The highest BCUT2D eigenvalue weighted by atomic mass is 16.5. The maximum absolute atomic E-state index is 10.2. The molecule has 0 amide bonds. The quantitative estimate of drug-likeness (QED) is 0.699. The van der Waals surface area contributed by atoms with E-state index in [1.54, 1.807) is 7.11 Å². The van der Waals surface area contributed by atoms with Gasteiger partial charge < -0.3 is 20.5 Å². The minimum Gasteiger partial charge on any atom is -0.490 e. The lowest BCUT2D eigenvalue weighted by molar-refractivity contribution is 0.144. The van der Waals surface area contributed by atoms with Crippen LogP contribution in [0.2, 0.25) is 0 Å². The minimum absolute atomic E-state index is 0.0234. The van der Waals surface area contributed by atoms with Gasteiger partial charge in [-0.25, -0.2) is 9.97 Å². The molecule has 3 N–H and O–H groups in total. The Morgan fingerprint density at radius 2 is 2.00 bits per heavy atom. The molecule has 1 aromatic rings. The molecule has 6 nitrogen and oxygen atoms in total. The summed E-state index contributed by atoms with van der Waals surface area (Å²) >= 11 is 0. The molecule has 1 saturated carbocycles. The molecule has 0 spiro atoms. The predicted molar refractivity (Wildman–Crippen MR) is 83.9 cm³/mol. The van der Waals surface area contributed by atoms with Gasteiger partial charge in [-0.3, -0.25) is 0 Å². The Hall–Kier alpha value is -1.56. The van der Waals surface area contributed by atoms with Crippen LogP contribution in [0, 0.1) is 0 Å². The van der Waals surface area contributed by atoms with E-state index in [2.05, 4.69) is 27.5 Å². The van der Waals surface area contributed by atoms with Crippen LogP contribution < -0.4 is 15.4 Å². The van der Waals surface area contributed by atoms with Crippen molar-refractivity contribution < 1.29 is 9.84 Å². The monoisotopic (exact) mass is 294 g/mol. The number of nitrogens with zero attached hydrogens (tertiary/aromatic N) is 2. The molecule has 2 rings (SSSR count). The molecule has 0 aromatic carbocycles. The van der Waals surface area contributed by atoms with E-state index >= 15 is 0 Å². The number of aliphatic hydroxyl groups excluding tert-OH is 1. The first-order chi connectivity index (χ1) is 10.3. The van der Waals surface area contributed by atoms with E-state index in [-0.39, 0.29) is 12.1 Å². The maximum Gasteiger partial charge on any atom is 0.204 e. The molecule has 6 heteroatoms. The first kappa shape index (κ1) is 15.8. The second-order valence-corrected chi connectivity index (χ2v) is 5.49. The average Bonchev–Trinajstić information content (AvgIpc) is 2.70. The fourth-order valence-electron chi connectivity index (χ4n) is 2.67. The highest BCUT2D eigenvalue weighted by Gasteiger charge is 2.23. The third kappa shape index (κ3) is 4.20. The molecule has 2 atom stereocenters. The molecular formula is C15H26N4O2. The lowest BCUT2D eigenvalue weighted by Gasteiger charge is -2.23. The molecule has 1 aromatic heterocycles. The number of anilines is 2. The van der Waals surface area contributed by atoms with Crippen molar-refractivity contribution >= 4 is 11.6 Å². The van der Waals surface area contributed by atoms with Gasteiger partial charge >= 0.3 is 0 Å². The van der Waals surface area contributed by atoms with E-state index in [1.807, 2.05) is 0 Å². The molecule has 0 radical (unpaired) electrons. The summed E-state index contributed by atoms with van der Waals surface area (Å²) in [7, 11) is 1.62. The molecule has 1 fully saturated rings. The van der Waals surface area contributed by atoms with Crippen molar-refractivity contribution in [3.8, 4) is 5.75 Å². The van der Waals surface area contributed by atoms with Crippen LogP contribution in [0.4, 0.5) is 11.6 Å². The molecule has 2 unspecified atom stereocenters. The molecule has 1 aliphatic rings. The van der Waals surface area contributed by atoms with Gasteiger partial charge in [-0.1, -0.05) is 26.2 Å². The van der Waals surface area contributed by atoms with Gasteiger partial charge in [0.15, 0.2) is 11.6 Å². The van der Waals surface area contributed by atoms with Gasteiger partial charge in [-0.2, -0.15) is 0 Å². The lowest BCUT2D eigenvalue weighted by Crippen LogP contribution is -2.33. The van der Waals surface area contributed by atoms with Crippen LogP contribution in [0.5, 0.6) is 5.75 Å². The zero-order chi connectivity index (χ0) is 15.1. The topological polar surface area (TPSA) is 79.3 Å². The van der Waals surface area contributed by atoms with Crippen molar-refractivity contribution in [3.05, 3.63) is 6.33 Å². The van der Waals surface area contributed by atoms with Crippen LogP contribution in [0.1, 0.15) is 45.4 Å². The number of aromatic nitrogens is 2. The number of hydrogen-bond acceptors (Lipinski definition) is 6. The summed E-state index contributed by atoms with van der Waals surface area (Å²) in [6, 6.07) is 0.0234. The zero-order valence-corrected chi connectivity index (χ0v) is 12.9. The lowest BCUT2D eigenvalue weighted by atomic mass is 10.1. The smallest absolute Gasteiger partial charge is 0.204 e. The van der Waals surface area contributed by atoms with Crippen LogP contribution in [0.25, 0.3) is 0 Å². The summed E-state index contributed by atoms with van der Waals surface area (Å²) in [4.78, 5) is 8.51. The normalized spacial score (nSPS) is 22.4. The number of hydrogen-bond donors (Lipinski definition) is 3. The Labute approximate surface area is 126 Å². The van der Waals surface area contributed by atoms with Gasteiger partial charge in [-0.05, 0) is 19.3 Å². The molecular weight excluding hydrogens is 268 g/mol. The van der Waals surface area contributed by atoms with E-state index < -0.39 is 0 Å². The number of rotatable bonds is 6. The van der Waals surface area contributed by atoms with E-state index in [0.717, 1.165) is 38.6 Å². The standard InChI is InChI=1S/C15H26N4O2/c1-3-9-16-14-13(21-2)15(18-10-17-14)19-11-7-5-4-6-8-12(11)20/h10-12,20H,3-9H2,1-2H3,(H2,16,17,18,19). The van der Waals surface area contributed by atoms with Gasteiger partial charge in [0.1, 0.15) is 6.33 Å². The van der Waals surface area contributed by atoms with Crippen LogP contribution in [0.15, 0.2) is 6.33 Å². The minimum atomic E-state index is -0.334. The summed E-state index contributed by atoms with van der Waals surface area (Å²) < 4.78 is 5.45.